The normalized spacial score (nSPS) is 12.4. The third kappa shape index (κ3) is 4.34. The number of aromatic nitrogens is 2. The van der Waals surface area contributed by atoms with Crippen molar-refractivity contribution in [3.63, 3.8) is 0 Å². The molecule has 6 heteroatoms. The molecule has 21 heavy (non-hydrogen) atoms. The molecule has 112 valence electrons. The minimum atomic E-state index is -0.216. The highest BCUT2D eigenvalue weighted by molar-refractivity contribution is 7.13. The Morgan fingerprint density at radius 2 is 2.24 bits per heavy atom. The van der Waals surface area contributed by atoms with Crippen molar-refractivity contribution in [3.05, 3.63) is 35.5 Å². The summed E-state index contributed by atoms with van der Waals surface area (Å²) < 4.78 is 0. The monoisotopic (exact) mass is 305 g/mol. The fourth-order valence-electron chi connectivity index (χ4n) is 1.84. The van der Waals surface area contributed by atoms with E-state index in [1.54, 1.807) is 6.20 Å². The van der Waals surface area contributed by atoms with Crippen LogP contribution in [0.1, 0.15) is 19.5 Å². The summed E-state index contributed by atoms with van der Waals surface area (Å²) in [4.78, 5) is 20.6. The molecule has 0 fully saturated rings. The molecule has 0 saturated carbocycles. The van der Waals surface area contributed by atoms with Crippen molar-refractivity contribution in [2.75, 3.05) is 6.61 Å². The van der Waals surface area contributed by atoms with E-state index in [9.17, 15) is 9.90 Å². The molecule has 2 aromatic heterocycles. The second-order valence-corrected chi connectivity index (χ2v) is 5.99. The standard InChI is InChI=1S/C15H19N3O2S/c1-10(2)13(8-19)18-14(20)7-11-9-21-15(17-11)12-5-3-4-6-16-12/h3-6,9-10,13,19H,7-8H2,1-2H3,(H,18,20). The minimum Gasteiger partial charge on any atom is -0.394 e. The Morgan fingerprint density at radius 1 is 1.43 bits per heavy atom. The Kier molecular flexibility index (Phi) is 5.41. The van der Waals surface area contributed by atoms with Crippen molar-refractivity contribution in [1.29, 1.82) is 0 Å². The molecule has 0 radical (unpaired) electrons. The number of carbonyl (C=O) groups excluding carboxylic acids is 1. The fraction of sp³-hybridized carbons (Fsp3) is 0.400. The first-order chi connectivity index (χ1) is 10.1. The van der Waals surface area contributed by atoms with Crippen LogP contribution >= 0.6 is 11.3 Å². The van der Waals surface area contributed by atoms with Crippen LogP contribution in [0.2, 0.25) is 0 Å². The predicted molar refractivity (Wildman–Crippen MR) is 82.9 cm³/mol. The summed E-state index contributed by atoms with van der Waals surface area (Å²) in [7, 11) is 0. The molecule has 0 aliphatic carbocycles. The Bertz CT molecular complexity index is 584. The number of nitrogens with zero attached hydrogens (tertiary/aromatic N) is 2. The van der Waals surface area contributed by atoms with Gasteiger partial charge in [0.1, 0.15) is 5.01 Å². The number of aliphatic hydroxyl groups excluding tert-OH is 1. The predicted octanol–water partition coefficient (Wildman–Crippen LogP) is 1.88. The van der Waals surface area contributed by atoms with Crippen LogP contribution in [-0.4, -0.2) is 33.6 Å². The first-order valence-corrected chi connectivity index (χ1v) is 7.74. The van der Waals surface area contributed by atoms with Crippen LogP contribution in [0.25, 0.3) is 10.7 Å². The molecule has 0 bridgehead atoms. The number of nitrogens with one attached hydrogen (secondary N) is 1. The van der Waals surface area contributed by atoms with E-state index in [2.05, 4.69) is 15.3 Å². The molecule has 2 heterocycles. The lowest BCUT2D eigenvalue weighted by Gasteiger charge is -2.19. The van der Waals surface area contributed by atoms with Crippen LogP contribution < -0.4 is 5.32 Å². The highest BCUT2D eigenvalue weighted by Gasteiger charge is 2.16. The Labute approximate surface area is 128 Å². The summed E-state index contributed by atoms with van der Waals surface area (Å²) in [6.45, 7) is 3.87. The number of hydrogen-bond donors (Lipinski definition) is 2. The maximum atomic E-state index is 12.0. The second kappa shape index (κ2) is 7.28. The zero-order valence-electron chi connectivity index (χ0n) is 12.1. The SMILES string of the molecule is CC(C)C(CO)NC(=O)Cc1csc(-c2ccccn2)n1. The Morgan fingerprint density at radius 3 is 2.86 bits per heavy atom. The number of pyridine rings is 1. The average Bonchev–Trinajstić information content (AvgIpc) is 2.93. The number of rotatable bonds is 6. The van der Waals surface area contributed by atoms with Gasteiger partial charge in [0, 0.05) is 11.6 Å². The molecule has 0 spiro atoms. The van der Waals surface area contributed by atoms with E-state index in [1.807, 2.05) is 37.4 Å². The zero-order chi connectivity index (χ0) is 15.2. The Hall–Kier alpha value is -1.79. The van der Waals surface area contributed by atoms with Crippen LogP contribution in [0.15, 0.2) is 29.8 Å². The van der Waals surface area contributed by atoms with Crippen LogP contribution in [0.5, 0.6) is 0 Å². The van der Waals surface area contributed by atoms with Gasteiger partial charge >= 0.3 is 0 Å². The quantitative estimate of drug-likeness (QED) is 0.854. The Balaban J connectivity index is 1.98. The van der Waals surface area contributed by atoms with Crippen molar-refractivity contribution < 1.29 is 9.90 Å². The van der Waals surface area contributed by atoms with Crippen molar-refractivity contribution in [2.45, 2.75) is 26.3 Å². The first-order valence-electron chi connectivity index (χ1n) is 6.86. The molecular formula is C15H19N3O2S. The van der Waals surface area contributed by atoms with Crippen molar-refractivity contribution >= 4 is 17.2 Å². The summed E-state index contributed by atoms with van der Waals surface area (Å²) in [6, 6.07) is 5.44. The van der Waals surface area contributed by atoms with E-state index in [0.29, 0.717) is 0 Å². The van der Waals surface area contributed by atoms with Crippen LogP contribution in [0, 0.1) is 5.92 Å². The van der Waals surface area contributed by atoms with Crippen molar-refractivity contribution in [3.8, 4) is 10.7 Å². The first kappa shape index (κ1) is 15.6. The van der Waals surface area contributed by atoms with Gasteiger partial charge in [-0.2, -0.15) is 0 Å². The van der Waals surface area contributed by atoms with Gasteiger partial charge in [0.15, 0.2) is 0 Å². The molecule has 0 aliphatic rings. The smallest absolute Gasteiger partial charge is 0.226 e. The molecule has 1 unspecified atom stereocenters. The summed E-state index contributed by atoms with van der Waals surface area (Å²) in [6.07, 6.45) is 1.93. The minimum absolute atomic E-state index is 0.0559. The van der Waals surface area contributed by atoms with Gasteiger partial charge in [-0.15, -0.1) is 11.3 Å². The van der Waals surface area contributed by atoms with E-state index in [4.69, 9.17) is 0 Å². The maximum Gasteiger partial charge on any atom is 0.226 e. The molecule has 1 amide bonds. The number of carbonyl (C=O) groups is 1. The molecule has 0 saturated heterocycles. The summed E-state index contributed by atoms with van der Waals surface area (Å²) in [5, 5.41) is 14.7. The van der Waals surface area contributed by atoms with Crippen molar-refractivity contribution in [2.24, 2.45) is 5.92 Å². The molecule has 2 rings (SSSR count). The molecule has 1 atom stereocenters. The van der Waals surface area contributed by atoms with Gasteiger partial charge in [0.2, 0.25) is 5.91 Å². The lowest BCUT2D eigenvalue weighted by molar-refractivity contribution is -0.121. The number of amides is 1. The summed E-state index contributed by atoms with van der Waals surface area (Å²) in [5.41, 5.74) is 1.53. The van der Waals surface area contributed by atoms with Crippen LogP contribution in [0.3, 0.4) is 0 Å². The fourth-order valence-corrected chi connectivity index (χ4v) is 2.64. The zero-order valence-corrected chi connectivity index (χ0v) is 12.9. The lowest BCUT2D eigenvalue weighted by atomic mass is 10.1. The van der Waals surface area contributed by atoms with Crippen LogP contribution in [0.4, 0.5) is 0 Å². The van der Waals surface area contributed by atoms with E-state index >= 15 is 0 Å². The van der Waals surface area contributed by atoms with E-state index in [0.717, 1.165) is 16.4 Å². The molecular weight excluding hydrogens is 286 g/mol. The van der Waals surface area contributed by atoms with Crippen molar-refractivity contribution in [1.82, 2.24) is 15.3 Å². The molecule has 0 aliphatic heterocycles. The van der Waals surface area contributed by atoms with Gasteiger partial charge in [0.25, 0.3) is 0 Å². The molecule has 5 nitrogen and oxygen atoms in total. The van der Waals surface area contributed by atoms with E-state index < -0.39 is 0 Å². The summed E-state index contributed by atoms with van der Waals surface area (Å²) in [5.74, 6) is 0.0686. The topological polar surface area (TPSA) is 75.1 Å². The van der Waals surface area contributed by atoms with Crippen LogP contribution in [-0.2, 0) is 11.2 Å². The van der Waals surface area contributed by atoms with Gasteiger partial charge in [-0.25, -0.2) is 4.98 Å². The maximum absolute atomic E-state index is 12.0. The van der Waals surface area contributed by atoms with Gasteiger partial charge in [-0.3, -0.25) is 9.78 Å². The number of aliphatic hydroxyl groups is 1. The van der Waals surface area contributed by atoms with E-state index in [-0.39, 0.29) is 30.9 Å². The molecule has 2 aromatic rings. The van der Waals surface area contributed by atoms with Gasteiger partial charge in [-0.05, 0) is 18.1 Å². The second-order valence-electron chi connectivity index (χ2n) is 5.14. The highest BCUT2D eigenvalue weighted by Crippen LogP contribution is 2.21. The van der Waals surface area contributed by atoms with E-state index in [1.165, 1.54) is 11.3 Å². The average molecular weight is 305 g/mol. The third-order valence-electron chi connectivity index (χ3n) is 3.13. The third-order valence-corrected chi connectivity index (χ3v) is 4.04. The van der Waals surface area contributed by atoms with Gasteiger partial charge in [0.05, 0.1) is 30.5 Å². The highest BCUT2D eigenvalue weighted by atomic mass is 32.1. The lowest BCUT2D eigenvalue weighted by Crippen LogP contribution is -2.41. The number of thiazole rings is 1. The number of hydrogen-bond acceptors (Lipinski definition) is 5. The summed E-state index contributed by atoms with van der Waals surface area (Å²) >= 11 is 1.47. The largest absolute Gasteiger partial charge is 0.394 e. The van der Waals surface area contributed by atoms with Gasteiger partial charge in [-0.1, -0.05) is 19.9 Å². The molecule has 0 aromatic carbocycles. The van der Waals surface area contributed by atoms with Gasteiger partial charge < -0.3 is 10.4 Å². The molecule has 2 N–H and O–H groups in total.